The van der Waals surface area contributed by atoms with Gasteiger partial charge in [0.1, 0.15) is 12.0 Å². The molecule has 0 aliphatic rings. The van der Waals surface area contributed by atoms with Gasteiger partial charge in [-0.1, -0.05) is 30.1 Å². The van der Waals surface area contributed by atoms with Crippen molar-refractivity contribution >= 4 is 29.0 Å². The van der Waals surface area contributed by atoms with Crippen molar-refractivity contribution in [3.63, 3.8) is 0 Å². The number of carbonyl (C=O) groups excluding carboxylic acids is 1. The molecule has 2 aromatic rings. The summed E-state index contributed by atoms with van der Waals surface area (Å²) in [4.78, 5) is 20.0. The molecule has 1 aromatic carbocycles. The van der Waals surface area contributed by atoms with Gasteiger partial charge in [-0.15, -0.1) is 0 Å². The monoisotopic (exact) mass is 294 g/mol. The van der Waals surface area contributed by atoms with Crippen LogP contribution >= 0.6 is 23.2 Å². The molecule has 3 nitrogen and oxygen atoms in total. The van der Waals surface area contributed by atoms with Crippen LogP contribution < -0.4 is 0 Å². The predicted molar refractivity (Wildman–Crippen MR) is 76.7 cm³/mol. The number of halogens is 2. The average molecular weight is 295 g/mol. The van der Waals surface area contributed by atoms with Crippen molar-refractivity contribution in [3.8, 4) is 11.3 Å². The van der Waals surface area contributed by atoms with Crippen LogP contribution in [0.25, 0.3) is 11.3 Å². The van der Waals surface area contributed by atoms with Crippen molar-refractivity contribution in [1.29, 1.82) is 0 Å². The van der Waals surface area contributed by atoms with Gasteiger partial charge >= 0.3 is 0 Å². The molecule has 0 amide bonds. The van der Waals surface area contributed by atoms with E-state index in [1.54, 1.807) is 24.3 Å². The minimum atomic E-state index is 0.00398. The molecule has 98 valence electrons. The molecule has 0 N–H and O–H groups in total. The molecule has 0 radical (unpaired) electrons. The molecule has 0 unspecified atom stereocenters. The van der Waals surface area contributed by atoms with Gasteiger partial charge in [0, 0.05) is 17.0 Å². The Labute approximate surface area is 121 Å². The fourth-order valence-corrected chi connectivity index (χ4v) is 2.09. The Hall–Kier alpha value is -1.45. The summed E-state index contributed by atoms with van der Waals surface area (Å²) in [6.07, 6.45) is 2.63. The zero-order valence-corrected chi connectivity index (χ0v) is 11.9. The van der Waals surface area contributed by atoms with E-state index in [2.05, 4.69) is 9.97 Å². The third kappa shape index (κ3) is 3.31. The summed E-state index contributed by atoms with van der Waals surface area (Å²) in [6, 6.07) is 6.78. The summed E-state index contributed by atoms with van der Waals surface area (Å²) in [5.41, 5.74) is 1.70. The van der Waals surface area contributed by atoms with Crippen molar-refractivity contribution in [2.24, 2.45) is 0 Å². The number of ketones is 1. The van der Waals surface area contributed by atoms with E-state index in [0.717, 1.165) is 6.42 Å². The number of benzene rings is 1. The summed E-state index contributed by atoms with van der Waals surface area (Å²) in [7, 11) is 0. The molecule has 0 saturated heterocycles. The molecule has 0 bridgehead atoms. The first-order chi connectivity index (χ1) is 9.11. The molecule has 5 heteroatoms. The van der Waals surface area contributed by atoms with Gasteiger partial charge in [0.2, 0.25) is 0 Å². The van der Waals surface area contributed by atoms with E-state index < -0.39 is 0 Å². The SMILES string of the molecule is CCCC(=O)c1cc(-c2cc(Cl)ccc2Cl)ncn1. The molecule has 0 saturated carbocycles. The molecule has 1 aromatic heterocycles. The molecule has 1 heterocycles. The van der Waals surface area contributed by atoms with Gasteiger partial charge in [-0.2, -0.15) is 0 Å². The predicted octanol–water partition coefficient (Wildman–Crippen LogP) is 4.43. The lowest BCUT2D eigenvalue weighted by molar-refractivity contribution is 0.0977. The average Bonchev–Trinajstić information content (AvgIpc) is 2.42. The smallest absolute Gasteiger partial charge is 0.181 e. The number of hydrogen-bond donors (Lipinski definition) is 0. The van der Waals surface area contributed by atoms with Gasteiger partial charge in [0.15, 0.2) is 5.78 Å². The van der Waals surface area contributed by atoms with E-state index in [1.807, 2.05) is 6.92 Å². The quantitative estimate of drug-likeness (QED) is 0.783. The van der Waals surface area contributed by atoms with Crippen molar-refractivity contribution in [2.75, 3.05) is 0 Å². The highest BCUT2D eigenvalue weighted by molar-refractivity contribution is 6.35. The van der Waals surface area contributed by atoms with Gasteiger partial charge in [-0.05, 0) is 30.7 Å². The number of carbonyl (C=O) groups is 1. The normalized spacial score (nSPS) is 10.5. The zero-order chi connectivity index (χ0) is 13.8. The first-order valence-electron chi connectivity index (χ1n) is 5.92. The molecule has 0 fully saturated rings. The lowest BCUT2D eigenvalue weighted by atomic mass is 10.1. The first-order valence-corrected chi connectivity index (χ1v) is 6.68. The fourth-order valence-electron chi connectivity index (χ4n) is 1.71. The first kappa shape index (κ1) is 14.0. The van der Waals surface area contributed by atoms with Gasteiger partial charge < -0.3 is 0 Å². The van der Waals surface area contributed by atoms with E-state index in [0.29, 0.717) is 33.4 Å². The molecular weight excluding hydrogens is 283 g/mol. The van der Waals surface area contributed by atoms with Crippen LogP contribution in [-0.2, 0) is 0 Å². The molecule has 0 spiro atoms. The van der Waals surface area contributed by atoms with Gasteiger partial charge in [0.25, 0.3) is 0 Å². The Morgan fingerprint density at radius 1 is 1.21 bits per heavy atom. The van der Waals surface area contributed by atoms with Gasteiger partial charge in [-0.3, -0.25) is 4.79 Å². The van der Waals surface area contributed by atoms with Crippen LogP contribution in [-0.4, -0.2) is 15.8 Å². The Bertz CT molecular complexity index is 614. The van der Waals surface area contributed by atoms with Crippen LogP contribution in [0.5, 0.6) is 0 Å². The highest BCUT2D eigenvalue weighted by Gasteiger charge is 2.11. The Morgan fingerprint density at radius 2 is 2.00 bits per heavy atom. The zero-order valence-electron chi connectivity index (χ0n) is 10.4. The maximum absolute atomic E-state index is 11.8. The number of rotatable bonds is 4. The third-order valence-electron chi connectivity index (χ3n) is 2.63. The molecule has 19 heavy (non-hydrogen) atoms. The summed E-state index contributed by atoms with van der Waals surface area (Å²) in [5.74, 6) is 0.00398. The summed E-state index contributed by atoms with van der Waals surface area (Å²) in [5, 5.41) is 1.11. The van der Waals surface area contributed by atoms with Crippen molar-refractivity contribution in [3.05, 3.63) is 46.3 Å². The Morgan fingerprint density at radius 3 is 2.74 bits per heavy atom. The second-order valence-corrected chi connectivity index (χ2v) is 4.93. The molecular formula is C14H12Cl2N2O. The largest absolute Gasteiger partial charge is 0.292 e. The summed E-state index contributed by atoms with van der Waals surface area (Å²) >= 11 is 12.1. The minimum absolute atomic E-state index is 0.00398. The number of nitrogens with zero attached hydrogens (tertiary/aromatic N) is 2. The summed E-state index contributed by atoms with van der Waals surface area (Å²) in [6.45, 7) is 1.95. The van der Waals surface area contributed by atoms with Crippen LogP contribution in [0.1, 0.15) is 30.3 Å². The van der Waals surface area contributed by atoms with Crippen LogP contribution in [0, 0.1) is 0 Å². The van der Waals surface area contributed by atoms with Crippen molar-refractivity contribution in [2.45, 2.75) is 19.8 Å². The highest BCUT2D eigenvalue weighted by Crippen LogP contribution is 2.29. The van der Waals surface area contributed by atoms with E-state index in [1.165, 1.54) is 6.33 Å². The summed E-state index contributed by atoms with van der Waals surface area (Å²) < 4.78 is 0. The van der Waals surface area contributed by atoms with E-state index >= 15 is 0 Å². The minimum Gasteiger partial charge on any atom is -0.292 e. The molecule has 0 aliphatic heterocycles. The number of hydrogen-bond acceptors (Lipinski definition) is 3. The Balaban J connectivity index is 2.43. The van der Waals surface area contributed by atoms with Crippen LogP contribution in [0.4, 0.5) is 0 Å². The second-order valence-electron chi connectivity index (χ2n) is 4.09. The lowest BCUT2D eigenvalue weighted by Gasteiger charge is -2.05. The number of aromatic nitrogens is 2. The van der Waals surface area contributed by atoms with Gasteiger partial charge in [0.05, 0.1) is 10.7 Å². The van der Waals surface area contributed by atoms with Crippen molar-refractivity contribution in [1.82, 2.24) is 9.97 Å². The Kier molecular flexibility index (Phi) is 4.51. The fraction of sp³-hybridized carbons (Fsp3) is 0.214. The van der Waals surface area contributed by atoms with Crippen LogP contribution in [0.15, 0.2) is 30.6 Å². The van der Waals surface area contributed by atoms with Crippen LogP contribution in [0.2, 0.25) is 10.0 Å². The second kappa shape index (κ2) is 6.13. The van der Waals surface area contributed by atoms with Crippen molar-refractivity contribution < 1.29 is 4.79 Å². The van der Waals surface area contributed by atoms with Crippen LogP contribution in [0.3, 0.4) is 0 Å². The van der Waals surface area contributed by atoms with Gasteiger partial charge in [-0.25, -0.2) is 9.97 Å². The maximum Gasteiger partial charge on any atom is 0.181 e. The lowest BCUT2D eigenvalue weighted by Crippen LogP contribution is -2.02. The standard InChI is InChI=1S/C14H12Cl2N2O/c1-2-3-14(19)13-7-12(17-8-18-13)10-6-9(15)4-5-11(10)16/h4-8H,2-3H2,1H3. The van der Waals surface area contributed by atoms with E-state index in [-0.39, 0.29) is 5.78 Å². The molecule has 2 rings (SSSR count). The molecule has 0 atom stereocenters. The van der Waals surface area contributed by atoms with E-state index in [9.17, 15) is 4.79 Å². The van der Waals surface area contributed by atoms with E-state index in [4.69, 9.17) is 23.2 Å². The third-order valence-corrected chi connectivity index (χ3v) is 3.20. The maximum atomic E-state index is 11.8. The molecule has 0 aliphatic carbocycles. The topological polar surface area (TPSA) is 42.9 Å². The number of Topliss-reactive ketones (excluding diaryl/α,β-unsaturated/α-hetero) is 1. The highest BCUT2D eigenvalue weighted by atomic mass is 35.5.